The van der Waals surface area contributed by atoms with Crippen LogP contribution in [0.2, 0.25) is 0 Å². The molecular formula is C24H30N6O2S. The van der Waals surface area contributed by atoms with Gasteiger partial charge in [0.05, 0.1) is 6.10 Å². The maximum Gasteiger partial charge on any atom is 0.268 e. The maximum atomic E-state index is 13.1. The van der Waals surface area contributed by atoms with Gasteiger partial charge in [0.15, 0.2) is 0 Å². The van der Waals surface area contributed by atoms with Crippen LogP contribution in [-0.4, -0.2) is 57.2 Å². The number of hydrogen-bond acceptors (Lipinski definition) is 6. The van der Waals surface area contributed by atoms with E-state index in [1.54, 1.807) is 25.3 Å². The quantitative estimate of drug-likeness (QED) is 0.540. The van der Waals surface area contributed by atoms with Crippen molar-refractivity contribution in [3.63, 3.8) is 0 Å². The summed E-state index contributed by atoms with van der Waals surface area (Å²) in [6, 6.07) is 10.2. The Morgan fingerprint density at radius 1 is 1.27 bits per heavy atom. The molecule has 2 aliphatic rings. The van der Waals surface area contributed by atoms with Crippen LogP contribution in [0.1, 0.15) is 27.4 Å². The molecule has 2 aliphatic heterocycles. The molecule has 3 aromatic heterocycles. The Bertz CT molecular complexity index is 1150. The van der Waals surface area contributed by atoms with E-state index < -0.39 is 0 Å². The number of fused-ring (bicyclic) bond motifs is 1. The summed E-state index contributed by atoms with van der Waals surface area (Å²) < 4.78 is 12.0. The first-order valence-electron chi connectivity index (χ1n) is 11.3. The lowest BCUT2D eigenvalue weighted by atomic mass is 10.1. The van der Waals surface area contributed by atoms with Gasteiger partial charge in [-0.15, -0.1) is 0 Å². The van der Waals surface area contributed by atoms with E-state index in [0.29, 0.717) is 12.2 Å². The van der Waals surface area contributed by atoms with E-state index in [0.717, 1.165) is 54.7 Å². The van der Waals surface area contributed by atoms with Crippen LogP contribution in [0.15, 0.2) is 47.6 Å². The van der Waals surface area contributed by atoms with Crippen LogP contribution in [0.4, 0.5) is 5.82 Å². The second-order valence-corrected chi connectivity index (χ2v) is 9.76. The average molecular weight is 467 g/mol. The van der Waals surface area contributed by atoms with Gasteiger partial charge in [0.25, 0.3) is 5.91 Å². The highest BCUT2D eigenvalue weighted by atomic mass is 32.2. The van der Waals surface area contributed by atoms with Gasteiger partial charge in [0.2, 0.25) is 0 Å². The molecule has 174 valence electrons. The summed E-state index contributed by atoms with van der Waals surface area (Å²) in [6.07, 6.45) is 4.18. The van der Waals surface area contributed by atoms with Crippen molar-refractivity contribution < 1.29 is 9.53 Å². The van der Waals surface area contributed by atoms with Crippen LogP contribution < -0.4 is 10.2 Å². The van der Waals surface area contributed by atoms with Gasteiger partial charge in [-0.2, -0.15) is 0 Å². The number of anilines is 1. The molecule has 1 fully saturated rings. The predicted molar refractivity (Wildman–Crippen MR) is 129 cm³/mol. The summed E-state index contributed by atoms with van der Waals surface area (Å²) >= 11 is 1.73. The third-order valence-electron chi connectivity index (χ3n) is 6.59. The molecule has 3 aromatic rings. The highest BCUT2D eigenvalue weighted by Crippen LogP contribution is 2.31. The lowest BCUT2D eigenvalue weighted by Crippen LogP contribution is -2.52. The number of carbonyl (C=O) groups excluding carboxylic acids is 1. The topological polar surface area (TPSA) is 67.6 Å². The number of aromatic nitrogens is 3. The Kier molecular flexibility index (Phi) is 6.18. The molecule has 0 aliphatic carbocycles. The van der Waals surface area contributed by atoms with Crippen molar-refractivity contribution >= 4 is 23.7 Å². The standard InChI is InChI=1S/C24H30N6O2S/c1-17-22(33-30-11-10-28-9-5-7-19(28)14-30)12-21(27(17)2)24(31)26-13-18-6-4-8-25-23(18)29-15-20(16-29)32-3/h4-9,12,20H,10-11,13-16H2,1-3H3,(H,26,31). The molecule has 33 heavy (non-hydrogen) atoms. The molecule has 0 atom stereocenters. The highest BCUT2D eigenvalue weighted by molar-refractivity contribution is 7.97. The molecule has 0 spiro atoms. The van der Waals surface area contributed by atoms with E-state index in [1.165, 1.54) is 5.69 Å². The molecular weight excluding hydrogens is 436 g/mol. The zero-order valence-electron chi connectivity index (χ0n) is 19.3. The number of nitrogens with zero attached hydrogens (tertiary/aromatic N) is 5. The number of carbonyl (C=O) groups is 1. The third-order valence-corrected chi connectivity index (χ3v) is 7.77. The number of pyridine rings is 1. The van der Waals surface area contributed by atoms with Crippen molar-refractivity contribution in [2.45, 2.75) is 37.6 Å². The average Bonchev–Trinajstić information content (AvgIpc) is 3.37. The summed E-state index contributed by atoms with van der Waals surface area (Å²) in [7, 11) is 3.69. The van der Waals surface area contributed by atoms with Crippen molar-refractivity contribution in [1.82, 2.24) is 23.7 Å². The van der Waals surface area contributed by atoms with Crippen LogP contribution in [-0.2, 0) is 31.4 Å². The van der Waals surface area contributed by atoms with Gasteiger partial charge in [-0.3, -0.25) is 4.79 Å². The highest BCUT2D eigenvalue weighted by Gasteiger charge is 2.29. The van der Waals surface area contributed by atoms with Crippen molar-refractivity contribution in [2.24, 2.45) is 7.05 Å². The molecule has 8 nitrogen and oxygen atoms in total. The van der Waals surface area contributed by atoms with Crippen LogP contribution >= 0.6 is 11.9 Å². The fourth-order valence-electron chi connectivity index (χ4n) is 4.37. The van der Waals surface area contributed by atoms with E-state index in [9.17, 15) is 4.79 Å². The normalized spacial score (nSPS) is 16.5. The molecule has 5 heterocycles. The van der Waals surface area contributed by atoms with E-state index in [-0.39, 0.29) is 12.0 Å². The van der Waals surface area contributed by atoms with Gasteiger partial charge in [0, 0.05) is 87.7 Å². The molecule has 0 unspecified atom stereocenters. The van der Waals surface area contributed by atoms with Gasteiger partial charge in [-0.25, -0.2) is 9.29 Å². The fourth-order valence-corrected chi connectivity index (χ4v) is 5.45. The smallest absolute Gasteiger partial charge is 0.268 e. The van der Waals surface area contributed by atoms with Gasteiger partial charge in [-0.05, 0) is 43.1 Å². The SMILES string of the molecule is COC1CN(c2ncccc2CNC(=O)c2cc(SN3CCn4cccc4C3)c(C)n2C)C1. The number of nitrogens with one attached hydrogen (secondary N) is 1. The number of ether oxygens (including phenoxy) is 1. The first kappa shape index (κ1) is 22.1. The Balaban J connectivity index is 1.24. The number of methoxy groups -OCH3 is 1. The molecule has 5 rings (SSSR count). The number of amides is 1. The van der Waals surface area contributed by atoms with Gasteiger partial charge < -0.3 is 24.1 Å². The van der Waals surface area contributed by atoms with Crippen molar-refractivity contribution in [3.05, 3.63) is 65.4 Å². The van der Waals surface area contributed by atoms with Gasteiger partial charge in [-0.1, -0.05) is 6.07 Å². The summed E-state index contributed by atoms with van der Waals surface area (Å²) in [5, 5.41) is 3.09. The molecule has 1 N–H and O–H groups in total. The monoisotopic (exact) mass is 466 g/mol. The van der Waals surface area contributed by atoms with E-state index in [2.05, 4.69) is 49.3 Å². The van der Waals surface area contributed by atoms with E-state index >= 15 is 0 Å². The Morgan fingerprint density at radius 2 is 2.12 bits per heavy atom. The lowest BCUT2D eigenvalue weighted by molar-refractivity contribution is 0.0781. The van der Waals surface area contributed by atoms with Gasteiger partial charge >= 0.3 is 0 Å². The predicted octanol–water partition coefficient (Wildman–Crippen LogP) is 2.82. The Labute approximate surface area is 198 Å². The molecule has 1 saturated heterocycles. The first-order valence-corrected chi connectivity index (χ1v) is 12.0. The zero-order valence-corrected chi connectivity index (χ0v) is 20.1. The van der Waals surface area contributed by atoms with Gasteiger partial charge in [0.1, 0.15) is 11.5 Å². The summed E-state index contributed by atoms with van der Waals surface area (Å²) in [5.74, 6) is 0.841. The fraction of sp³-hybridized carbons (Fsp3) is 0.417. The minimum atomic E-state index is -0.0758. The summed E-state index contributed by atoms with van der Waals surface area (Å²) in [5.41, 5.74) is 4.10. The largest absolute Gasteiger partial charge is 0.378 e. The molecule has 0 radical (unpaired) electrons. The maximum absolute atomic E-state index is 13.1. The lowest BCUT2D eigenvalue weighted by Gasteiger charge is -2.39. The zero-order chi connectivity index (χ0) is 22.9. The van der Waals surface area contributed by atoms with Crippen LogP contribution in [0.3, 0.4) is 0 Å². The van der Waals surface area contributed by atoms with Crippen molar-refractivity contribution in [2.75, 3.05) is 31.6 Å². The van der Waals surface area contributed by atoms with Crippen molar-refractivity contribution in [1.29, 1.82) is 0 Å². The minimum absolute atomic E-state index is 0.0758. The van der Waals surface area contributed by atoms with Crippen LogP contribution in [0.25, 0.3) is 0 Å². The Morgan fingerprint density at radius 3 is 2.94 bits per heavy atom. The number of hydrogen-bond donors (Lipinski definition) is 1. The number of rotatable bonds is 7. The molecule has 0 bridgehead atoms. The minimum Gasteiger partial charge on any atom is -0.378 e. The second-order valence-electron chi connectivity index (χ2n) is 8.62. The van der Waals surface area contributed by atoms with Crippen molar-refractivity contribution in [3.8, 4) is 0 Å². The summed E-state index contributed by atoms with van der Waals surface area (Å²) in [4.78, 5) is 20.9. The molecule has 0 aromatic carbocycles. The second kappa shape index (κ2) is 9.24. The third kappa shape index (κ3) is 4.40. The van der Waals surface area contributed by atoms with Crippen LogP contribution in [0, 0.1) is 6.92 Å². The first-order chi connectivity index (χ1) is 16.0. The van der Waals surface area contributed by atoms with E-state index in [4.69, 9.17) is 4.74 Å². The molecule has 9 heteroatoms. The van der Waals surface area contributed by atoms with E-state index in [1.807, 2.05) is 29.8 Å². The molecule has 1 amide bonds. The Hall–Kier alpha value is -2.75. The summed E-state index contributed by atoms with van der Waals surface area (Å²) in [6.45, 7) is 7.03. The molecule has 0 saturated carbocycles. The van der Waals surface area contributed by atoms with Crippen LogP contribution in [0.5, 0.6) is 0 Å².